The van der Waals surface area contributed by atoms with Crippen molar-refractivity contribution in [3.63, 3.8) is 0 Å². The summed E-state index contributed by atoms with van der Waals surface area (Å²) >= 11 is 0. The number of hydrogen-bond donors (Lipinski definition) is 0. The van der Waals surface area contributed by atoms with Crippen molar-refractivity contribution in [1.29, 1.82) is 0 Å². The van der Waals surface area contributed by atoms with E-state index in [0.29, 0.717) is 5.69 Å². The van der Waals surface area contributed by atoms with E-state index >= 15 is 0 Å². The molecular formula is C14H13NO. The first-order valence-corrected chi connectivity index (χ1v) is 5.20. The van der Waals surface area contributed by atoms with E-state index in [-0.39, 0.29) is 0 Å². The number of aldehydes is 1. The second kappa shape index (κ2) is 4.27. The van der Waals surface area contributed by atoms with Crippen molar-refractivity contribution in [2.24, 2.45) is 0 Å². The molecule has 2 nitrogen and oxygen atoms in total. The molecule has 0 unspecified atom stereocenters. The van der Waals surface area contributed by atoms with E-state index in [2.05, 4.69) is 31.0 Å². The second-order valence-electron chi connectivity index (χ2n) is 3.88. The molecule has 2 aromatic rings. The second-order valence-corrected chi connectivity index (χ2v) is 3.88. The fraction of sp³-hybridized carbons (Fsp3) is 0.143. The molecule has 0 amide bonds. The highest BCUT2D eigenvalue weighted by atomic mass is 16.1. The van der Waals surface area contributed by atoms with Gasteiger partial charge in [-0.05, 0) is 31.5 Å². The molecule has 0 saturated heterocycles. The number of hydrogen-bond acceptors (Lipinski definition) is 2. The average Bonchev–Trinajstić information content (AvgIpc) is 2.29. The molecule has 0 fully saturated rings. The Hall–Kier alpha value is -1.96. The van der Waals surface area contributed by atoms with Gasteiger partial charge in [0.2, 0.25) is 0 Å². The molecule has 0 N–H and O–H groups in total. The fourth-order valence-corrected chi connectivity index (χ4v) is 1.77. The minimum atomic E-state index is 0.470. The number of aryl methyl sites for hydroxylation is 2. The van der Waals surface area contributed by atoms with Crippen LogP contribution in [0.2, 0.25) is 0 Å². The summed E-state index contributed by atoms with van der Waals surface area (Å²) in [5, 5.41) is 0. The van der Waals surface area contributed by atoms with Crippen LogP contribution >= 0.6 is 0 Å². The molecule has 2 heteroatoms. The maximum absolute atomic E-state index is 10.7. The van der Waals surface area contributed by atoms with Gasteiger partial charge < -0.3 is 0 Å². The minimum absolute atomic E-state index is 0.470. The number of carbonyl (C=O) groups is 1. The van der Waals surface area contributed by atoms with Crippen molar-refractivity contribution in [2.75, 3.05) is 0 Å². The smallest absolute Gasteiger partial charge is 0.168 e. The molecule has 1 aromatic heterocycles. The van der Waals surface area contributed by atoms with Gasteiger partial charge in [0, 0.05) is 5.56 Å². The van der Waals surface area contributed by atoms with Crippen LogP contribution in [-0.4, -0.2) is 11.3 Å². The first-order chi connectivity index (χ1) is 7.70. The van der Waals surface area contributed by atoms with Crippen LogP contribution in [0.3, 0.4) is 0 Å². The first-order valence-electron chi connectivity index (χ1n) is 5.20. The Bertz CT molecular complexity index is 532. The zero-order valence-electron chi connectivity index (χ0n) is 9.40. The lowest BCUT2D eigenvalue weighted by molar-refractivity contribution is 0.111. The SMILES string of the molecule is Cc1ccc(-c2cccc(C=O)n2)c(C)c1. The van der Waals surface area contributed by atoms with Gasteiger partial charge in [-0.15, -0.1) is 0 Å². The molecule has 2 rings (SSSR count). The lowest BCUT2D eigenvalue weighted by atomic mass is 10.0. The summed E-state index contributed by atoms with van der Waals surface area (Å²) in [6.07, 6.45) is 0.771. The van der Waals surface area contributed by atoms with Crippen molar-refractivity contribution in [1.82, 2.24) is 4.98 Å². The fourth-order valence-electron chi connectivity index (χ4n) is 1.77. The Labute approximate surface area is 95.0 Å². The molecule has 1 heterocycles. The zero-order chi connectivity index (χ0) is 11.5. The normalized spacial score (nSPS) is 10.1. The van der Waals surface area contributed by atoms with Crippen LogP contribution in [0, 0.1) is 13.8 Å². The largest absolute Gasteiger partial charge is 0.296 e. The highest BCUT2D eigenvalue weighted by molar-refractivity contribution is 5.74. The topological polar surface area (TPSA) is 30.0 Å². The highest BCUT2D eigenvalue weighted by Crippen LogP contribution is 2.22. The first kappa shape index (κ1) is 10.6. The van der Waals surface area contributed by atoms with Crippen molar-refractivity contribution in [2.45, 2.75) is 13.8 Å². The van der Waals surface area contributed by atoms with E-state index in [1.165, 1.54) is 11.1 Å². The number of rotatable bonds is 2. The Morgan fingerprint density at radius 3 is 2.62 bits per heavy atom. The van der Waals surface area contributed by atoms with Gasteiger partial charge >= 0.3 is 0 Å². The maximum atomic E-state index is 10.7. The van der Waals surface area contributed by atoms with Crippen molar-refractivity contribution >= 4 is 6.29 Å². The number of aromatic nitrogens is 1. The van der Waals surface area contributed by atoms with Gasteiger partial charge in [-0.2, -0.15) is 0 Å². The highest BCUT2D eigenvalue weighted by Gasteiger charge is 2.03. The van der Waals surface area contributed by atoms with E-state index in [9.17, 15) is 4.79 Å². The summed E-state index contributed by atoms with van der Waals surface area (Å²) in [5.74, 6) is 0. The van der Waals surface area contributed by atoms with E-state index < -0.39 is 0 Å². The zero-order valence-corrected chi connectivity index (χ0v) is 9.40. The summed E-state index contributed by atoms with van der Waals surface area (Å²) < 4.78 is 0. The molecule has 80 valence electrons. The van der Waals surface area contributed by atoms with Crippen LogP contribution in [0.5, 0.6) is 0 Å². The minimum Gasteiger partial charge on any atom is -0.296 e. The van der Waals surface area contributed by atoms with Crippen LogP contribution in [0.1, 0.15) is 21.6 Å². The van der Waals surface area contributed by atoms with Crippen LogP contribution in [0.15, 0.2) is 36.4 Å². The summed E-state index contributed by atoms with van der Waals surface area (Å²) in [4.78, 5) is 15.0. The third kappa shape index (κ3) is 2.01. The molecule has 0 atom stereocenters. The van der Waals surface area contributed by atoms with Gasteiger partial charge in [0.05, 0.1) is 5.69 Å². The van der Waals surface area contributed by atoms with Crippen LogP contribution in [0.25, 0.3) is 11.3 Å². The summed E-state index contributed by atoms with van der Waals surface area (Å²) in [6.45, 7) is 4.11. The molecule has 0 bridgehead atoms. The molecule has 0 aliphatic carbocycles. The lowest BCUT2D eigenvalue weighted by Crippen LogP contribution is -1.91. The number of carbonyl (C=O) groups excluding carboxylic acids is 1. The molecule has 0 aliphatic heterocycles. The summed E-state index contributed by atoms with van der Waals surface area (Å²) in [7, 11) is 0. The molecular weight excluding hydrogens is 198 g/mol. The van der Waals surface area contributed by atoms with Crippen molar-refractivity contribution in [3.05, 3.63) is 53.2 Å². The van der Waals surface area contributed by atoms with E-state index in [0.717, 1.165) is 17.5 Å². The predicted octanol–water partition coefficient (Wildman–Crippen LogP) is 3.18. The summed E-state index contributed by atoms with van der Waals surface area (Å²) in [5.41, 5.74) is 4.80. The molecule has 16 heavy (non-hydrogen) atoms. The van der Waals surface area contributed by atoms with Gasteiger partial charge in [0.25, 0.3) is 0 Å². The van der Waals surface area contributed by atoms with Crippen LogP contribution < -0.4 is 0 Å². The number of benzene rings is 1. The van der Waals surface area contributed by atoms with Gasteiger partial charge in [-0.1, -0.05) is 29.8 Å². The number of pyridine rings is 1. The molecule has 0 aliphatic rings. The van der Waals surface area contributed by atoms with Gasteiger partial charge in [-0.3, -0.25) is 4.79 Å². The Morgan fingerprint density at radius 2 is 1.94 bits per heavy atom. The van der Waals surface area contributed by atoms with E-state index in [1.807, 2.05) is 18.2 Å². The average molecular weight is 211 g/mol. The van der Waals surface area contributed by atoms with Crippen molar-refractivity contribution < 1.29 is 4.79 Å². The van der Waals surface area contributed by atoms with Crippen molar-refractivity contribution in [3.8, 4) is 11.3 Å². The van der Waals surface area contributed by atoms with Crippen LogP contribution in [-0.2, 0) is 0 Å². The van der Waals surface area contributed by atoms with Gasteiger partial charge in [0.15, 0.2) is 6.29 Å². The number of nitrogens with zero attached hydrogens (tertiary/aromatic N) is 1. The Morgan fingerprint density at radius 1 is 1.12 bits per heavy atom. The van der Waals surface area contributed by atoms with E-state index in [1.54, 1.807) is 6.07 Å². The third-order valence-corrected chi connectivity index (χ3v) is 2.55. The Kier molecular flexibility index (Phi) is 2.82. The predicted molar refractivity (Wildman–Crippen MR) is 64.5 cm³/mol. The molecule has 1 aromatic carbocycles. The standard InChI is InChI=1S/C14H13NO/c1-10-6-7-13(11(2)8-10)14-5-3-4-12(9-16)15-14/h3-9H,1-2H3. The molecule has 0 radical (unpaired) electrons. The molecule has 0 spiro atoms. The third-order valence-electron chi connectivity index (χ3n) is 2.55. The maximum Gasteiger partial charge on any atom is 0.168 e. The lowest BCUT2D eigenvalue weighted by Gasteiger charge is -2.06. The monoisotopic (exact) mass is 211 g/mol. The quantitative estimate of drug-likeness (QED) is 0.714. The van der Waals surface area contributed by atoms with Crippen LogP contribution in [0.4, 0.5) is 0 Å². The molecule has 0 saturated carbocycles. The van der Waals surface area contributed by atoms with Gasteiger partial charge in [-0.25, -0.2) is 4.98 Å². The van der Waals surface area contributed by atoms with Gasteiger partial charge in [0.1, 0.15) is 5.69 Å². The Balaban J connectivity index is 2.53. The van der Waals surface area contributed by atoms with E-state index in [4.69, 9.17) is 0 Å². The summed E-state index contributed by atoms with van der Waals surface area (Å²) in [6, 6.07) is 11.7.